The molecular weight excluding hydrogens is 446 g/mol. The summed E-state index contributed by atoms with van der Waals surface area (Å²) in [5, 5.41) is 16.2. The average Bonchev–Trinajstić information content (AvgIpc) is 3.29. The van der Waals surface area contributed by atoms with E-state index in [9.17, 15) is 4.79 Å². The number of thioether (sulfide) groups is 1. The van der Waals surface area contributed by atoms with Crippen molar-refractivity contribution in [3.63, 3.8) is 0 Å². The summed E-state index contributed by atoms with van der Waals surface area (Å²) in [6.45, 7) is 3.97. The summed E-state index contributed by atoms with van der Waals surface area (Å²) in [4.78, 5) is 17.3. The van der Waals surface area contributed by atoms with Crippen LogP contribution in [0.3, 0.4) is 0 Å². The van der Waals surface area contributed by atoms with Crippen LogP contribution in [0.15, 0.2) is 46.8 Å². The maximum atomic E-state index is 12.6. The highest BCUT2D eigenvalue weighted by molar-refractivity contribution is 8.02. The number of amides is 1. The van der Waals surface area contributed by atoms with Gasteiger partial charge in [0.25, 0.3) is 0 Å². The van der Waals surface area contributed by atoms with Gasteiger partial charge < -0.3 is 10.6 Å². The molecule has 9 heteroatoms. The average molecular weight is 468 g/mol. The number of aromatic nitrogens is 3. The first-order valence-electron chi connectivity index (χ1n) is 10.1. The summed E-state index contributed by atoms with van der Waals surface area (Å²) in [5.41, 5.74) is 4.06. The first-order chi connectivity index (χ1) is 15.0. The van der Waals surface area contributed by atoms with E-state index in [-0.39, 0.29) is 11.2 Å². The molecule has 6 nitrogen and oxygen atoms in total. The quantitative estimate of drug-likeness (QED) is 0.334. The van der Waals surface area contributed by atoms with Crippen molar-refractivity contribution in [1.82, 2.24) is 15.2 Å². The minimum absolute atomic E-state index is 0.0554. The third-order valence-electron chi connectivity index (χ3n) is 4.90. The molecule has 0 bridgehead atoms. The zero-order chi connectivity index (χ0) is 21.4. The van der Waals surface area contributed by atoms with Gasteiger partial charge >= 0.3 is 0 Å². The molecule has 0 aliphatic heterocycles. The number of aryl methyl sites for hydroxylation is 1. The molecule has 1 amide bonds. The summed E-state index contributed by atoms with van der Waals surface area (Å²) < 4.78 is 1.98. The molecule has 2 heterocycles. The normalized spacial score (nSPS) is 14.5. The van der Waals surface area contributed by atoms with E-state index in [0.717, 1.165) is 31.2 Å². The number of thiazole rings is 1. The number of nitrogens with one attached hydrogen (secondary N) is 2. The van der Waals surface area contributed by atoms with Crippen molar-refractivity contribution >= 4 is 61.4 Å². The summed E-state index contributed by atoms with van der Waals surface area (Å²) in [6, 6.07) is 14.7. The Morgan fingerprint density at radius 2 is 1.94 bits per heavy atom. The van der Waals surface area contributed by atoms with E-state index in [4.69, 9.17) is 4.98 Å². The summed E-state index contributed by atoms with van der Waals surface area (Å²) in [6.07, 6.45) is 2.39. The fourth-order valence-electron chi connectivity index (χ4n) is 3.02. The molecule has 2 N–H and O–H groups in total. The molecule has 4 aromatic rings. The second-order valence-corrected chi connectivity index (χ2v) is 11.2. The summed E-state index contributed by atoms with van der Waals surface area (Å²) in [7, 11) is 0. The third-order valence-corrected chi connectivity index (χ3v) is 8.01. The number of rotatable bonds is 7. The van der Waals surface area contributed by atoms with E-state index in [2.05, 4.69) is 46.0 Å². The van der Waals surface area contributed by atoms with Crippen molar-refractivity contribution in [3.05, 3.63) is 48.0 Å². The van der Waals surface area contributed by atoms with Crippen LogP contribution in [0.1, 0.15) is 25.3 Å². The van der Waals surface area contributed by atoms with Gasteiger partial charge in [0.1, 0.15) is 5.01 Å². The minimum atomic E-state index is -0.270. The topological polar surface area (TPSA) is 79.8 Å². The predicted octanol–water partition coefficient (Wildman–Crippen LogP) is 5.82. The van der Waals surface area contributed by atoms with Gasteiger partial charge in [0.2, 0.25) is 11.0 Å². The molecule has 5 rings (SSSR count). The lowest BCUT2D eigenvalue weighted by atomic mass is 10.2. The lowest BCUT2D eigenvalue weighted by molar-refractivity contribution is -0.115. The molecule has 1 aliphatic carbocycles. The van der Waals surface area contributed by atoms with Gasteiger partial charge in [-0.25, -0.2) is 4.98 Å². The standard InChI is InChI=1S/C22H21N5OS3/c1-12-3-10-17-18(11-12)30-20(25-17)14-4-6-15(7-5-14)23-19(28)13(2)29-22-27-26-21(31-22)24-16-8-9-16/h3-7,10-11,13,16H,8-9H2,1-2H3,(H,23,28)(H,24,26). The Bertz CT molecular complexity index is 1230. The molecule has 0 saturated heterocycles. The highest BCUT2D eigenvalue weighted by Gasteiger charge is 2.23. The van der Waals surface area contributed by atoms with Gasteiger partial charge in [0, 0.05) is 17.3 Å². The van der Waals surface area contributed by atoms with Gasteiger partial charge in [-0.1, -0.05) is 29.2 Å². The first kappa shape index (κ1) is 20.4. The fourth-order valence-corrected chi connectivity index (χ4v) is 6.06. The minimum Gasteiger partial charge on any atom is -0.357 e. The van der Waals surface area contributed by atoms with Crippen molar-refractivity contribution in [3.8, 4) is 10.6 Å². The SMILES string of the molecule is Cc1ccc2nc(-c3ccc(NC(=O)C(C)Sc4nnc(NC5CC5)s4)cc3)sc2c1. The molecule has 0 radical (unpaired) electrons. The van der Waals surface area contributed by atoms with E-state index in [1.54, 1.807) is 11.3 Å². The van der Waals surface area contributed by atoms with Crippen molar-refractivity contribution in [1.29, 1.82) is 0 Å². The molecule has 158 valence electrons. The van der Waals surface area contributed by atoms with Gasteiger partial charge in [-0.05, 0) is 68.7 Å². The van der Waals surface area contributed by atoms with E-state index in [1.807, 2.05) is 31.2 Å². The second kappa shape index (κ2) is 8.57. The van der Waals surface area contributed by atoms with Crippen LogP contribution >= 0.6 is 34.4 Å². The van der Waals surface area contributed by atoms with Gasteiger partial charge in [-0.2, -0.15) is 0 Å². The predicted molar refractivity (Wildman–Crippen MR) is 130 cm³/mol. The van der Waals surface area contributed by atoms with Crippen LogP contribution in [0.2, 0.25) is 0 Å². The van der Waals surface area contributed by atoms with Crippen molar-refractivity contribution < 1.29 is 4.79 Å². The number of benzene rings is 2. The fraction of sp³-hybridized carbons (Fsp3) is 0.273. The van der Waals surface area contributed by atoms with E-state index in [0.29, 0.717) is 6.04 Å². The van der Waals surface area contributed by atoms with Gasteiger partial charge in [0.05, 0.1) is 15.5 Å². The zero-order valence-corrected chi connectivity index (χ0v) is 19.5. The van der Waals surface area contributed by atoms with Gasteiger partial charge in [-0.15, -0.1) is 21.5 Å². The number of carbonyl (C=O) groups is 1. The van der Waals surface area contributed by atoms with Crippen LogP contribution in [0, 0.1) is 6.92 Å². The molecule has 2 aromatic carbocycles. The van der Waals surface area contributed by atoms with E-state index >= 15 is 0 Å². The summed E-state index contributed by atoms with van der Waals surface area (Å²) in [5.74, 6) is -0.0554. The molecular formula is C22H21N5OS3. The lowest BCUT2D eigenvalue weighted by Gasteiger charge is -2.10. The number of nitrogens with zero attached hydrogens (tertiary/aromatic N) is 3. The molecule has 1 aliphatic rings. The second-order valence-electron chi connectivity index (χ2n) is 7.61. The Hall–Kier alpha value is -2.49. The molecule has 1 saturated carbocycles. The molecule has 2 aromatic heterocycles. The highest BCUT2D eigenvalue weighted by atomic mass is 32.2. The van der Waals surface area contributed by atoms with Crippen LogP contribution in [-0.4, -0.2) is 32.4 Å². The third kappa shape index (κ3) is 4.89. The smallest absolute Gasteiger partial charge is 0.237 e. The largest absolute Gasteiger partial charge is 0.357 e. The maximum absolute atomic E-state index is 12.6. The van der Waals surface area contributed by atoms with Crippen LogP contribution in [-0.2, 0) is 4.79 Å². The Kier molecular flexibility index (Phi) is 5.64. The van der Waals surface area contributed by atoms with Crippen molar-refractivity contribution in [2.45, 2.75) is 42.3 Å². The van der Waals surface area contributed by atoms with Crippen LogP contribution in [0.5, 0.6) is 0 Å². The number of fused-ring (bicyclic) bond motifs is 1. The number of anilines is 2. The Morgan fingerprint density at radius 1 is 1.13 bits per heavy atom. The van der Waals surface area contributed by atoms with Gasteiger partial charge in [-0.3, -0.25) is 4.79 Å². The Balaban J connectivity index is 1.21. The van der Waals surface area contributed by atoms with E-state index < -0.39 is 0 Å². The number of carbonyl (C=O) groups excluding carboxylic acids is 1. The maximum Gasteiger partial charge on any atom is 0.237 e. The Morgan fingerprint density at radius 3 is 2.71 bits per heavy atom. The first-order valence-corrected chi connectivity index (χ1v) is 12.6. The molecule has 1 unspecified atom stereocenters. The van der Waals surface area contributed by atoms with Crippen LogP contribution < -0.4 is 10.6 Å². The molecule has 0 spiro atoms. The van der Waals surface area contributed by atoms with E-state index in [1.165, 1.54) is 46.2 Å². The molecule has 31 heavy (non-hydrogen) atoms. The van der Waals surface area contributed by atoms with Gasteiger partial charge in [0.15, 0.2) is 4.34 Å². The summed E-state index contributed by atoms with van der Waals surface area (Å²) >= 11 is 4.61. The van der Waals surface area contributed by atoms with Crippen molar-refractivity contribution in [2.24, 2.45) is 0 Å². The monoisotopic (exact) mass is 467 g/mol. The molecule has 1 atom stereocenters. The van der Waals surface area contributed by atoms with Crippen molar-refractivity contribution in [2.75, 3.05) is 10.6 Å². The molecule has 1 fully saturated rings. The number of hydrogen-bond acceptors (Lipinski definition) is 8. The van der Waals surface area contributed by atoms with Crippen LogP contribution in [0.4, 0.5) is 10.8 Å². The van der Waals surface area contributed by atoms with Crippen LogP contribution in [0.25, 0.3) is 20.8 Å². The lowest BCUT2D eigenvalue weighted by Crippen LogP contribution is -2.22. The number of hydrogen-bond donors (Lipinski definition) is 2. The zero-order valence-electron chi connectivity index (χ0n) is 17.1. The Labute approximate surface area is 192 Å². The highest BCUT2D eigenvalue weighted by Crippen LogP contribution is 2.33.